The average Bonchev–Trinajstić information content (AvgIpc) is 2.83. The van der Waals surface area contributed by atoms with Gasteiger partial charge in [0.2, 0.25) is 0 Å². The molecule has 0 aromatic heterocycles. The second-order valence-corrected chi connectivity index (χ2v) is 5.97. The number of carbonyl (C=O) groups excluding carboxylic acids is 2. The van der Waals surface area contributed by atoms with E-state index in [1.54, 1.807) is 36.4 Å². The third-order valence-electron chi connectivity index (χ3n) is 4.24. The van der Waals surface area contributed by atoms with Crippen LogP contribution in [0.25, 0.3) is 6.08 Å². The van der Waals surface area contributed by atoms with E-state index in [9.17, 15) is 14.7 Å². The molecule has 1 aliphatic heterocycles. The van der Waals surface area contributed by atoms with Crippen molar-refractivity contribution >= 4 is 23.5 Å². The predicted molar refractivity (Wildman–Crippen MR) is 98.0 cm³/mol. The molecule has 4 heteroatoms. The van der Waals surface area contributed by atoms with Gasteiger partial charge in [-0.15, -0.1) is 6.58 Å². The van der Waals surface area contributed by atoms with Crippen molar-refractivity contribution in [1.82, 2.24) is 0 Å². The molecule has 0 unspecified atom stereocenters. The summed E-state index contributed by atoms with van der Waals surface area (Å²) in [6.07, 6.45) is 4.38. The predicted octanol–water partition coefficient (Wildman–Crippen LogP) is 3.08. The number of allylic oxidation sites excluding steroid dienone is 1. The molecule has 2 aromatic carbocycles. The quantitative estimate of drug-likeness (QED) is 0.653. The Kier molecular flexibility index (Phi) is 4.63. The molecule has 0 bridgehead atoms. The summed E-state index contributed by atoms with van der Waals surface area (Å²) in [4.78, 5) is 26.6. The Hall–Kier alpha value is -2.98. The number of benzene rings is 2. The van der Waals surface area contributed by atoms with Gasteiger partial charge >= 0.3 is 0 Å². The van der Waals surface area contributed by atoms with Crippen LogP contribution in [0.2, 0.25) is 0 Å². The van der Waals surface area contributed by atoms with E-state index in [1.165, 1.54) is 11.0 Å². The van der Waals surface area contributed by atoms with Crippen LogP contribution >= 0.6 is 0 Å². The van der Waals surface area contributed by atoms with Gasteiger partial charge in [0.1, 0.15) is 0 Å². The van der Waals surface area contributed by atoms with E-state index >= 15 is 0 Å². The molecule has 1 heterocycles. The molecule has 4 nitrogen and oxygen atoms in total. The Balaban J connectivity index is 1.85. The van der Waals surface area contributed by atoms with E-state index in [0.29, 0.717) is 11.3 Å². The van der Waals surface area contributed by atoms with Crippen molar-refractivity contribution in [3.8, 4) is 0 Å². The molecule has 0 fully saturated rings. The van der Waals surface area contributed by atoms with Gasteiger partial charge in [0.05, 0.1) is 12.1 Å². The SMILES string of the molecule is C=CCN1C(=O)[C@](O)(CC(=O)/C=C/c2ccccc2)c2ccccc21. The van der Waals surface area contributed by atoms with Crippen molar-refractivity contribution in [3.63, 3.8) is 0 Å². The number of carbonyl (C=O) groups is 2. The van der Waals surface area contributed by atoms with Gasteiger partial charge in [-0.25, -0.2) is 0 Å². The summed E-state index contributed by atoms with van der Waals surface area (Å²) in [6.45, 7) is 3.93. The second-order valence-electron chi connectivity index (χ2n) is 5.97. The highest BCUT2D eigenvalue weighted by molar-refractivity contribution is 6.10. The molecular formula is C21H19NO3. The standard InChI is InChI=1S/C21H19NO3/c1-2-14-22-19-11-7-6-10-18(19)21(25,20(22)24)15-17(23)13-12-16-8-4-3-5-9-16/h2-13,25H,1,14-15H2/b13-12+/t21-/m0/s1. The molecule has 25 heavy (non-hydrogen) atoms. The van der Waals surface area contributed by atoms with E-state index in [1.807, 2.05) is 30.3 Å². The lowest BCUT2D eigenvalue weighted by Crippen LogP contribution is -2.41. The first-order valence-corrected chi connectivity index (χ1v) is 8.07. The van der Waals surface area contributed by atoms with Gasteiger partial charge in [-0.3, -0.25) is 9.59 Å². The zero-order chi connectivity index (χ0) is 17.9. The first-order chi connectivity index (χ1) is 12.1. The highest BCUT2D eigenvalue weighted by Gasteiger charge is 2.50. The zero-order valence-electron chi connectivity index (χ0n) is 13.8. The minimum atomic E-state index is -1.84. The van der Waals surface area contributed by atoms with Crippen molar-refractivity contribution in [2.75, 3.05) is 11.4 Å². The number of aliphatic hydroxyl groups is 1. The Labute approximate surface area is 146 Å². The molecule has 126 valence electrons. The van der Waals surface area contributed by atoms with E-state index in [-0.39, 0.29) is 18.7 Å². The molecule has 1 aliphatic rings. The minimum absolute atomic E-state index is 0.284. The monoisotopic (exact) mass is 333 g/mol. The van der Waals surface area contributed by atoms with Gasteiger partial charge in [0.15, 0.2) is 11.4 Å². The normalized spacial score (nSPS) is 19.2. The summed E-state index contributed by atoms with van der Waals surface area (Å²) in [5.41, 5.74) is 0.130. The first-order valence-electron chi connectivity index (χ1n) is 8.07. The number of anilines is 1. The van der Waals surface area contributed by atoms with Crippen LogP contribution in [0.3, 0.4) is 0 Å². The molecule has 1 N–H and O–H groups in total. The average molecular weight is 333 g/mol. The molecule has 0 aliphatic carbocycles. The lowest BCUT2D eigenvalue weighted by Gasteiger charge is -2.21. The molecule has 0 saturated carbocycles. The lowest BCUT2D eigenvalue weighted by atomic mass is 9.89. The van der Waals surface area contributed by atoms with Crippen LogP contribution in [0.15, 0.2) is 73.3 Å². The Morgan fingerprint density at radius 3 is 2.52 bits per heavy atom. The number of hydrogen-bond donors (Lipinski definition) is 1. The van der Waals surface area contributed by atoms with Gasteiger partial charge in [-0.2, -0.15) is 0 Å². The topological polar surface area (TPSA) is 57.6 Å². The fourth-order valence-corrected chi connectivity index (χ4v) is 3.05. The number of para-hydroxylation sites is 1. The smallest absolute Gasteiger partial charge is 0.264 e. The van der Waals surface area contributed by atoms with Gasteiger partial charge in [0, 0.05) is 12.1 Å². The lowest BCUT2D eigenvalue weighted by molar-refractivity contribution is -0.140. The summed E-state index contributed by atoms with van der Waals surface area (Å²) >= 11 is 0. The third kappa shape index (κ3) is 3.16. The van der Waals surface area contributed by atoms with E-state index in [4.69, 9.17) is 0 Å². The van der Waals surface area contributed by atoms with Gasteiger partial charge in [-0.05, 0) is 17.7 Å². The molecule has 0 radical (unpaired) electrons. The molecule has 0 spiro atoms. The molecule has 1 amide bonds. The summed E-state index contributed by atoms with van der Waals surface area (Å²) in [6, 6.07) is 16.4. The van der Waals surface area contributed by atoms with Crippen LogP contribution in [-0.4, -0.2) is 23.3 Å². The largest absolute Gasteiger partial charge is 0.375 e. The molecular weight excluding hydrogens is 314 g/mol. The summed E-state index contributed by atoms with van der Waals surface area (Å²) < 4.78 is 0. The second kappa shape index (κ2) is 6.87. The van der Waals surface area contributed by atoms with Crippen molar-refractivity contribution in [1.29, 1.82) is 0 Å². The zero-order valence-corrected chi connectivity index (χ0v) is 13.8. The summed E-state index contributed by atoms with van der Waals surface area (Å²) in [5.74, 6) is -0.801. The van der Waals surface area contributed by atoms with Crippen LogP contribution in [0.4, 0.5) is 5.69 Å². The van der Waals surface area contributed by atoms with Crippen molar-refractivity contribution < 1.29 is 14.7 Å². The van der Waals surface area contributed by atoms with Gasteiger partial charge in [-0.1, -0.05) is 60.7 Å². The Morgan fingerprint density at radius 2 is 1.80 bits per heavy atom. The summed E-state index contributed by atoms with van der Waals surface area (Å²) in [5, 5.41) is 11.0. The van der Waals surface area contributed by atoms with E-state index in [0.717, 1.165) is 5.56 Å². The maximum Gasteiger partial charge on any atom is 0.264 e. The number of fused-ring (bicyclic) bond motifs is 1. The minimum Gasteiger partial charge on any atom is -0.375 e. The van der Waals surface area contributed by atoms with Crippen molar-refractivity contribution in [3.05, 3.63) is 84.5 Å². The fraction of sp³-hybridized carbons (Fsp3) is 0.143. The number of rotatable bonds is 6. The number of nitrogens with zero attached hydrogens (tertiary/aromatic N) is 1. The Morgan fingerprint density at radius 1 is 1.12 bits per heavy atom. The molecule has 3 rings (SSSR count). The highest BCUT2D eigenvalue weighted by atomic mass is 16.3. The highest BCUT2D eigenvalue weighted by Crippen LogP contribution is 2.42. The van der Waals surface area contributed by atoms with E-state index < -0.39 is 11.5 Å². The number of amides is 1. The van der Waals surface area contributed by atoms with Crippen LogP contribution in [0.1, 0.15) is 17.5 Å². The maximum atomic E-state index is 12.7. The summed E-state index contributed by atoms with van der Waals surface area (Å²) in [7, 11) is 0. The third-order valence-corrected chi connectivity index (χ3v) is 4.24. The van der Waals surface area contributed by atoms with Gasteiger partial charge in [0.25, 0.3) is 5.91 Å². The van der Waals surface area contributed by atoms with Crippen molar-refractivity contribution in [2.45, 2.75) is 12.0 Å². The number of ketones is 1. The molecule has 0 saturated heterocycles. The Bertz CT molecular complexity index is 841. The van der Waals surface area contributed by atoms with Crippen LogP contribution in [-0.2, 0) is 15.2 Å². The van der Waals surface area contributed by atoms with Crippen LogP contribution in [0, 0.1) is 0 Å². The molecule has 1 atom stereocenters. The van der Waals surface area contributed by atoms with E-state index in [2.05, 4.69) is 6.58 Å². The number of hydrogen-bond acceptors (Lipinski definition) is 3. The first kappa shape index (κ1) is 16.9. The maximum absolute atomic E-state index is 12.7. The van der Waals surface area contributed by atoms with Crippen LogP contribution in [0.5, 0.6) is 0 Å². The molecule has 2 aromatic rings. The van der Waals surface area contributed by atoms with Gasteiger partial charge < -0.3 is 10.0 Å². The van der Waals surface area contributed by atoms with Crippen LogP contribution < -0.4 is 4.90 Å². The fourth-order valence-electron chi connectivity index (χ4n) is 3.05. The van der Waals surface area contributed by atoms with Crippen molar-refractivity contribution in [2.24, 2.45) is 0 Å².